The molecule has 0 fully saturated rings. The van der Waals surface area contributed by atoms with Crippen LogP contribution < -0.4 is 0 Å². The highest BCUT2D eigenvalue weighted by Gasteiger charge is 1.90. The first-order valence-electron chi connectivity index (χ1n) is 3.40. The van der Waals surface area contributed by atoms with Gasteiger partial charge >= 0.3 is 5.97 Å². The molecule has 0 aromatic carbocycles. The summed E-state index contributed by atoms with van der Waals surface area (Å²) in [5.41, 5.74) is 1.35. The second-order valence-corrected chi connectivity index (χ2v) is 2.27. The molecule has 0 saturated heterocycles. The lowest BCUT2D eigenvalue weighted by atomic mass is 10.3. The minimum Gasteiger partial charge on any atom is -0.478 e. The highest BCUT2D eigenvalue weighted by molar-refractivity contribution is 5.84. The van der Waals surface area contributed by atoms with Crippen LogP contribution in [0.4, 0.5) is 0 Å². The third-order valence-electron chi connectivity index (χ3n) is 1.22. The number of carboxylic acid groups (broad SMARTS) is 1. The number of aliphatic carboxylic acids is 1. The Kier molecular flexibility index (Phi) is 2.53. The lowest BCUT2D eigenvalue weighted by molar-refractivity contribution is -0.131. The lowest BCUT2D eigenvalue weighted by Crippen LogP contribution is -1.90. The van der Waals surface area contributed by atoms with Gasteiger partial charge in [0.1, 0.15) is 0 Å². The zero-order valence-corrected chi connectivity index (χ0v) is 6.56. The number of aryl methyl sites for hydroxylation is 1. The SMILES string of the molecule is Cc1ccc(C=CC(=O)O)nn1. The lowest BCUT2D eigenvalue weighted by Gasteiger charge is -1.90. The molecule has 0 radical (unpaired) electrons. The summed E-state index contributed by atoms with van der Waals surface area (Å²) in [6.45, 7) is 1.82. The third-order valence-corrected chi connectivity index (χ3v) is 1.22. The van der Waals surface area contributed by atoms with Gasteiger partial charge < -0.3 is 5.11 Å². The van der Waals surface area contributed by atoms with E-state index in [1.54, 1.807) is 12.1 Å². The van der Waals surface area contributed by atoms with Crippen LogP contribution in [0.15, 0.2) is 18.2 Å². The van der Waals surface area contributed by atoms with E-state index >= 15 is 0 Å². The van der Waals surface area contributed by atoms with Gasteiger partial charge in [-0.3, -0.25) is 0 Å². The molecule has 4 heteroatoms. The van der Waals surface area contributed by atoms with Crippen LogP contribution >= 0.6 is 0 Å². The number of aromatic nitrogens is 2. The van der Waals surface area contributed by atoms with Crippen molar-refractivity contribution < 1.29 is 9.90 Å². The predicted octanol–water partition coefficient (Wildman–Crippen LogP) is 0.883. The maximum atomic E-state index is 10.1. The zero-order chi connectivity index (χ0) is 8.97. The van der Waals surface area contributed by atoms with E-state index in [4.69, 9.17) is 5.11 Å². The van der Waals surface area contributed by atoms with Crippen LogP contribution in [-0.4, -0.2) is 21.3 Å². The minimum atomic E-state index is -0.989. The van der Waals surface area contributed by atoms with Gasteiger partial charge in [0.25, 0.3) is 0 Å². The Bertz CT molecular complexity index is 303. The number of nitrogens with zero attached hydrogens (tertiary/aromatic N) is 2. The largest absolute Gasteiger partial charge is 0.478 e. The molecular formula is C8H8N2O2. The van der Waals surface area contributed by atoms with Gasteiger partial charge in [-0.05, 0) is 25.1 Å². The smallest absolute Gasteiger partial charge is 0.328 e. The van der Waals surface area contributed by atoms with Crippen LogP contribution in [0, 0.1) is 6.92 Å². The summed E-state index contributed by atoms with van der Waals surface area (Å²) in [6, 6.07) is 3.48. The summed E-state index contributed by atoms with van der Waals surface area (Å²) in [5.74, 6) is -0.989. The quantitative estimate of drug-likeness (QED) is 0.659. The predicted molar refractivity (Wildman–Crippen MR) is 43.4 cm³/mol. The first kappa shape index (κ1) is 8.39. The van der Waals surface area contributed by atoms with Gasteiger partial charge in [0.15, 0.2) is 0 Å². The highest BCUT2D eigenvalue weighted by atomic mass is 16.4. The van der Waals surface area contributed by atoms with E-state index in [1.165, 1.54) is 6.08 Å². The second-order valence-electron chi connectivity index (χ2n) is 2.27. The van der Waals surface area contributed by atoms with Crippen molar-refractivity contribution in [2.45, 2.75) is 6.92 Å². The zero-order valence-electron chi connectivity index (χ0n) is 6.56. The van der Waals surface area contributed by atoms with Gasteiger partial charge in [-0.25, -0.2) is 4.79 Å². The van der Waals surface area contributed by atoms with E-state index in [-0.39, 0.29) is 0 Å². The van der Waals surface area contributed by atoms with Crippen molar-refractivity contribution in [1.29, 1.82) is 0 Å². The Morgan fingerprint density at radius 1 is 1.50 bits per heavy atom. The maximum Gasteiger partial charge on any atom is 0.328 e. The standard InChI is InChI=1S/C8H8N2O2/c1-6-2-3-7(10-9-6)4-5-8(11)12/h2-5H,1H3,(H,11,12). The van der Waals surface area contributed by atoms with Gasteiger partial charge in [-0.15, -0.1) is 0 Å². The molecule has 0 aliphatic rings. The molecule has 0 atom stereocenters. The summed E-state index contributed by atoms with van der Waals surface area (Å²) in [4.78, 5) is 10.1. The number of rotatable bonds is 2. The van der Waals surface area contributed by atoms with Crippen molar-refractivity contribution in [3.8, 4) is 0 Å². The van der Waals surface area contributed by atoms with E-state index < -0.39 is 5.97 Å². The van der Waals surface area contributed by atoms with Crippen LogP contribution in [0.3, 0.4) is 0 Å². The van der Waals surface area contributed by atoms with Crippen LogP contribution in [-0.2, 0) is 4.79 Å². The summed E-state index contributed by atoms with van der Waals surface area (Å²) in [5, 5.41) is 15.8. The first-order chi connectivity index (χ1) is 5.68. The fourth-order valence-electron chi connectivity index (χ4n) is 0.655. The monoisotopic (exact) mass is 164 g/mol. The minimum absolute atomic E-state index is 0.544. The van der Waals surface area contributed by atoms with Crippen LogP contribution in [0.2, 0.25) is 0 Å². The normalized spacial score (nSPS) is 10.4. The van der Waals surface area contributed by atoms with Crippen LogP contribution in [0.25, 0.3) is 6.08 Å². The molecule has 1 N–H and O–H groups in total. The Balaban J connectivity index is 2.77. The number of hydrogen-bond acceptors (Lipinski definition) is 3. The van der Waals surface area contributed by atoms with Crippen molar-refractivity contribution in [2.75, 3.05) is 0 Å². The molecule has 1 aromatic heterocycles. The molecule has 0 aliphatic heterocycles. The van der Waals surface area contributed by atoms with E-state index in [2.05, 4.69) is 10.2 Å². The fraction of sp³-hybridized carbons (Fsp3) is 0.125. The van der Waals surface area contributed by atoms with Crippen molar-refractivity contribution in [1.82, 2.24) is 10.2 Å². The third kappa shape index (κ3) is 2.49. The number of carbonyl (C=O) groups is 1. The molecule has 1 heterocycles. The van der Waals surface area contributed by atoms with Crippen molar-refractivity contribution in [3.63, 3.8) is 0 Å². The van der Waals surface area contributed by atoms with E-state index in [0.29, 0.717) is 5.69 Å². The Morgan fingerprint density at radius 2 is 2.25 bits per heavy atom. The topological polar surface area (TPSA) is 63.1 Å². The van der Waals surface area contributed by atoms with Crippen LogP contribution in [0.1, 0.15) is 11.4 Å². The fourth-order valence-corrected chi connectivity index (χ4v) is 0.655. The van der Waals surface area contributed by atoms with Crippen molar-refractivity contribution >= 4 is 12.0 Å². The second kappa shape index (κ2) is 3.61. The van der Waals surface area contributed by atoms with Gasteiger partial charge in [0.05, 0.1) is 11.4 Å². The van der Waals surface area contributed by atoms with E-state index in [9.17, 15) is 4.79 Å². The molecule has 0 amide bonds. The Morgan fingerprint density at radius 3 is 2.75 bits per heavy atom. The van der Waals surface area contributed by atoms with Crippen molar-refractivity contribution in [3.05, 3.63) is 29.6 Å². The molecule has 0 aliphatic carbocycles. The van der Waals surface area contributed by atoms with Crippen molar-refractivity contribution in [2.24, 2.45) is 0 Å². The Labute approximate surface area is 69.6 Å². The highest BCUT2D eigenvalue weighted by Crippen LogP contribution is 1.96. The molecule has 0 bridgehead atoms. The number of hydrogen-bond donors (Lipinski definition) is 1. The maximum absolute atomic E-state index is 10.1. The Hall–Kier alpha value is -1.71. The van der Waals surface area contributed by atoms with Gasteiger partial charge in [-0.1, -0.05) is 0 Å². The molecule has 0 spiro atoms. The van der Waals surface area contributed by atoms with Crippen LogP contribution in [0.5, 0.6) is 0 Å². The molecule has 1 aromatic rings. The summed E-state index contributed by atoms with van der Waals surface area (Å²) < 4.78 is 0. The van der Waals surface area contributed by atoms with Gasteiger partial charge in [0.2, 0.25) is 0 Å². The van der Waals surface area contributed by atoms with E-state index in [0.717, 1.165) is 11.8 Å². The molecule has 62 valence electrons. The van der Waals surface area contributed by atoms with Gasteiger partial charge in [0, 0.05) is 6.08 Å². The average Bonchev–Trinajstić information content (AvgIpc) is 2.03. The molecule has 0 saturated carbocycles. The summed E-state index contributed by atoms with van der Waals surface area (Å²) >= 11 is 0. The first-order valence-corrected chi connectivity index (χ1v) is 3.40. The summed E-state index contributed by atoms with van der Waals surface area (Å²) in [7, 11) is 0. The summed E-state index contributed by atoms with van der Waals surface area (Å²) in [6.07, 6.45) is 2.42. The number of carboxylic acids is 1. The molecule has 12 heavy (non-hydrogen) atoms. The molecule has 0 unspecified atom stereocenters. The average molecular weight is 164 g/mol. The molecule has 4 nitrogen and oxygen atoms in total. The van der Waals surface area contributed by atoms with Gasteiger partial charge in [-0.2, -0.15) is 10.2 Å². The van der Waals surface area contributed by atoms with E-state index in [1.807, 2.05) is 6.92 Å². The molecule has 1 rings (SSSR count). The molecular weight excluding hydrogens is 156 g/mol.